The highest BCUT2D eigenvalue weighted by molar-refractivity contribution is 7.91. The van der Waals surface area contributed by atoms with E-state index < -0.39 is 10.0 Å². The second kappa shape index (κ2) is 8.45. The number of benzene rings is 1. The Bertz CT molecular complexity index is 940. The largest absolute Gasteiger partial charge is 0.357 e. The summed E-state index contributed by atoms with van der Waals surface area (Å²) in [5, 5.41) is 6.27. The zero-order valence-corrected chi connectivity index (χ0v) is 17.1. The molecular weight excluding hydrogens is 412 g/mol. The first-order chi connectivity index (χ1) is 12.4. The van der Waals surface area contributed by atoms with Gasteiger partial charge in [-0.25, -0.2) is 18.1 Å². The van der Waals surface area contributed by atoms with E-state index in [1.165, 1.54) is 22.9 Å². The van der Waals surface area contributed by atoms with Crippen LogP contribution in [0.4, 0.5) is 5.13 Å². The molecule has 0 bridgehead atoms. The minimum atomic E-state index is -3.46. The lowest BCUT2D eigenvalue weighted by atomic mass is 10.1. The van der Waals surface area contributed by atoms with Gasteiger partial charge in [-0.2, -0.15) is 4.37 Å². The summed E-state index contributed by atoms with van der Waals surface area (Å²) in [4.78, 5) is 4.45. The number of aromatic nitrogens is 2. The van der Waals surface area contributed by atoms with Crippen molar-refractivity contribution >= 4 is 49.6 Å². The molecule has 3 aromatic rings. The Kier molecular flexibility index (Phi) is 6.25. The van der Waals surface area contributed by atoms with Crippen LogP contribution >= 0.6 is 34.5 Å². The second-order valence-corrected chi connectivity index (χ2v) is 9.78. The van der Waals surface area contributed by atoms with Crippen molar-refractivity contribution in [2.45, 2.75) is 23.6 Å². The topological polar surface area (TPSA) is 84.0 Å². The zero-order valence-electron chi connectivity index (χ0n) is 13.8. The van der Waals surface area contributed by atoms with Gasteiger partial charge in [0.05, 0.1) is 0 Å². The Labute approximate surface area is 165 Å². The molecule has 0 radical (unpaired) electrons. The molecule has 2 heterocycles. The molecule has 6 nitrogen and oxygen atoms in total. The van der Waals surface area contributed by atoms with E-state index in [9.17, 15) is 8.42 Å². The molecule has 10 heteroatoms. The monoisotopic (exact) mass is 428 g/mol. The Morgan fingerprint density at radius 3 is 2.69 bits per heavy atom. The normalized spacial score (nSPS) is 12.8. The fourth-order valence-electron chi connectivity index (χ4n) is 2.15. The number of nitrogens with zero attached hydrogens (tertiary/aromatic N) is 2. The van der Waals surface area contributed by atoms with Gasteiger partial charge < -0.3 is 5.32 Å². The molecule has 0 amide bonds. The van der Waals surface area contributed by atoms with Crippen molar-refractivity contribution < 1.29 is 8.42 Å². The molecule has 2 aromatic heterocycles. The predicted molar refractivity (Wildman–Crippen MR) is 107 cm³/mol. The molecule has 1 unspecified atom stereocenters. The third-order valence-corrected chi connectivity index (χ3v) is 7.21. The van der Waals surface area contributed by atoms with Gasteiger partial charge in [0, 0.05) is 35.6 Å². The van der Waals surface area contributed by atoms with Crippen molar-refractivity contribution in [3.8, 4) is 0 Å². The van der Waals surface area contributed by atoms with E-state index in [0.717, 1.165) is 5.56 Å². The van der Waals surface area contributed by atoms with Crippen molar-refractivity contribution in [2.24, 2.45) is 0 Å². The van der Waals surface area contributed by atoms with Gasteiger partial charge in [0.25, 0.3) is 0 Å². The summed E-state index contributed by atoms with van der Waals surface area (Å²) in [6.07, 6.45) is 0.620. The van der Waals surface area contributed by atoms with Gasteiger partial charge in [0.2, 0.25) is 15.2 Å². The number of rotatable bonds is 8. The van der Waals surface area contributed by atoms with Crippen LogP contribution in [0, 0.1) is 0 Å². The fourth-order valence-corrected chi connectivity index (χ4v) is 5.14. The van der Waals surface area contributed by atoms with Gasteiger partial charge in [0.15, 0.2) is 0 Å². The van der Waals surface area contributed by atoms with Gasteiger partial charge in [-0.05, 0) is 36.1 Å². The highest BCUT2D eigenvalue weighted by atomic mass is 35.5. The maximum absolute atomic E-state index is 12.1. The van der Waals surface area contributed by atoms with Gasteiger partial charge in [-0.1, -0.05) is 29.8 Å². The van der Waals surface area contributed by atoms with Gasteiger partial charge in [0.1, 0.15) is 10.0 Å². The molecule has 0 saturated heterocycles. The van der Waals surface area contributed by atoms with E-state index in [1.54, 1.807) is 17.5 Å². The number of nitrogens with one attached hydrogen (secondary N) is 2. The molecule has 0 aliphatic rings. The van der Waals surface area contributed by atoms with Crippen LogP contribution in [0.5, 0.6) is 0 Å². The van der Waals surface area contributed by atoms with E-state index in [-0.39, 0.29) is 12.6 Å². The minimum absolute atomic E-state index is 0.124. The third-order valence-electron chi connectivity index (χ3n) is 3.45. The van der Waals surface area contributed by atoms with Crippen LogP contribution in [0.15, 0.2) is 46.0 Å². The van der Waals surface area contributed by atoms with Gasteiger partial charge in [-0.15, -0.1) is 11.3 Å². The van der Waals surface area contributed by atoms with Crippen LogP contribution in [-0.2, 0) is 16.4 Å². The molecule has 0 aliphatic heterocycles. The zero-order chi connectivity index (χ0) is 18.6. The first kappa shape index (κ1) is 19.2. The average molecular weight is 429 g/mol. The summed E-state index contributed by atoms with van der Waals surface area (Å²) in [7, 11) is -3.46. The van der Waals surface area contributed by atoms with Crippen LogP contribution in [0.1, 0.15) is 18.3 Å². The number of thiophene rings is 1. The summed E-state index contributed by atoms with van der Waals surface area (Å²) in [6.45, 7) is 2.14. The molecule has 1 atom stereocenters. The third kappa shape index (κ3) is 5.24. The van der Waals surface area contributed by atoms with Crippen molar-refractivity contribution in [3.05, 3.63) is 58.2 Å². The molecule has 3 rings (SSSR count). The summed E-state index contributed by atoms with van der Waals surface area (Å²) < 4.78 is 31.5. The van der Waals surface area contributed by atoms with Crippen LogP contribution in [0.2, 0.25) is 5.02 Å². The Balaban J connectivity index is 1.52. The van der Waals surface area contributed by atoms with Crippen LogP contribution < -0.4 is 10.0 Å². The standard InChI is InChI=1S/C16H17ClN4O2S3/c1-11(10-18-26(22,23)15-3-2-8-24-15)19-16-20-14(21-25-16)9-12-4-6-13(17)7-5-12/h2-8,11,18H,9-10H2,1H3,(H,19,20,21). The van der Waals surface area contributed by atoms with Gasteiger partial charge >= 0.3 is 0 Å². The summed E-state index contributed by atoms with van der Waals surface area (Å²) in [5.74, 6) is 0.714. The van der Waals surface area contributed by atoms with E-state index in [4.69, 9.17) is 11.6 Å². The molecule has 0 saturated carbocycles. The van der Waals surface area contributed by atoms with Crippen LogP contribution in [0.3, 0.4) is 0 Å². The molecule has 0 spiro atoms. The van der Waals surface area contributed by atoms with E-state index >= 15 is 0 Å². The molecule has 138 valence electrons. The van der Waals surface area contributed by atoms with Crippen LogP contribution in [0.25, 0.3) is 0 Å². The van der Waals surface area contributed by atoms with Crippen molar-refractivity contribution in [2.75, 3.05) is 11.9 Å². The van der Waals surface area contributed by atoms with E-state index in [1.807, 2.05) is 31.2 Å². The maximum Gasteiger partial charge on any atom is 0.250 e. The lowest BCUT2D eigenvalue weighted by molar-refractivity contribution is 0.579. The fraction of sp³-hybridized carbons (Fsp3) is 0.250. The first-order valence-corrected chi connectivity index (χ1v) is 11.3. The molecule has 1 aromatic carbocycles. The summed E-state index contributed by atoms with van der Waals surface area (Å²) in [5.41, 5.74) is 1.08. The lowest BCUT2D eigenvalue weighted by Crippen LogP contribution is -2.34. The predicted octanol–water partition coefficient (Wildman–Crippen LogP) is 3.62. The Morgan fingerprint density at radius 2 is 2.00 bits per heavy atom. The Hall–Kier alpha value is -1.52. The molecular formula is C16H17ClN4O2S3. The number of hydrogen-bond donors (Lipinski definition) is 2. The average Bonchev–Trinajstić information content (AvgIpc) is 3.28. The van der Waals surface area contributed by atoms with Gasteiger partial charge in [-0.3, -0.25) is 0 Å². The quantitative estimate of drug-likeness (QED) is 0.572. The molecule has 0 aliphatic carbocycles. The highest BCUT2D eigenvalue weighted by Crippen LogP contribution is 2.18. The highest BCUT2D eigenvalue weighted by Gasteiger charge is 2.16. The van der Waals surface area contributed by atoms with Crippen molar-refractivity contribution in [1.29, 1.82) is 0 Å². The summed E-state index contributed by atoms with van der Waals surface area (Å²) >= 11 is 8.33. The number of hydrogen-bond acceptors (Lipinski definition) is 7. The smallest absolute Gasteiger partial charge is 0.250 e. The Morgan fingerprint density at radius 1 is 1.23 bits per heavy atom. The van der Waals surface area contributed by atoms with E-state index in [2.05, 4.69) is 19.4 Å². The SMILES string of the molecule is CC(CNS(=O)(=O)c1cccs1)Nc1nc(Cc2ccc(Cl)cc2)ns1. The number of halogens is 1. The maximum atomic E-state index is 12.1. The van der Waals surface area contributed by atoms with Crippen LogP contribution in [-0.4, -0.2) is 30.4 Å². The minimum Gasteiger partial charge on any atom is -0.357 e. The number of sulfonamides is 1. The number of anilines is 1. The van der Waals surface area contributed by atoms with E-state index in [0.29, 0.717) is 26.6 Å². The molecule has 2 N–H and O–H groups in total. The molecule has 0 fully saturated rings. The second-order valence-electron chi connectivity index (χ2n) is 5.65. The van der Waals surface area contributed by atoms with Crippen molar-refractivity contribution in [1.82, 2.24) is 14.1 Å². The van der Waals surface area contributed by atoms with Crippen molar-refractivity contribution in [3.63, 3.8) is 0 Å². The first-order valence-electron chi connectivity index (χ1n) is 7.79. The molecule has 26 heavy (non-hydrogen) atoms. The summed E-state index contributed by atoms with van der Waals surface area (Å²) in [6, 6.07) is 10.7. The lowest BCUT2D eigenvalue weighted by Gasteiger charge is -2.13.